The van der Waals surface area contributed by atoms with Crippen LogP contribution in [0.2, 0.25) is 0 Å². The number of carboxylic acids is 1. The van der Waals surface area contributed by atoms with Crippen molar-refractivity contribution in [2.24, 2.45) is 5.92 Å². The summed E-state index contributed by atoms with van der Waals surface area (Å²) in [6.45, 7) is 3.68. The zero-order valence-corrected chi connectivity index (χ0v) is 11.9. The average Bonchev–Trinajstić information content (AvgIpc) is 2.38. The molecule has 0 amide bonds. The molecule has 1 atom stereocenters. The predicted molar refractivity (Wildman–Crippen MR) is 74.1 cm³/mol. The van der Waals surface area contributed by atoms with E-state index in [0.717, 1.165) is 6.07 Å². The Morgan fingerprint density at radius 3 is 2.57 bits per heavy atom. The number of methoxy groups -OCH3 is 1. The lowest BCUT2D eigenvalue weighted by atomic mass is 10.0. The minimum atomic E-state index is -1.12. The van der Waals surface area contributed by atoms with Gasteiger partial charge in [-0.05, 0) is 12.3 Å². The molecular formula is C13H17FN2O5. The Bertz CT molecular complexity index is 548. The molecule has 0 spiro atoms. The highest BCUT2D eigenvalue weighted by molar-refractivity contribution is 5.77. The van der Waals surface area contributed by atoms with E-state index in [-0.39, 0.29) is 23.8 Å². The van der Waals surface area contributed by atoms with Crippen LogP contribution in [-0.4, -0.2) is 29.2 Å². The molecule has 0 saturated heterocycles. The number of benzene rings is 1. The number of nitro benzene ring substituents is 1. The minimum absolute atomic E-state index is 0.0848. The predicted octanol–water partition coefficient (Wildman–Crippen LogP) is 2.65. The molecule has 0 heterocycles. The van der Waals surface area contributed by atoms with Gasteiger partial charge in [0.15, 0.2) is 11.6 Å². The summed E-state index contributed by atoms with van der Waals surface area (Å²) in [6.07, 6.45) is 0.286. The van der Waals surface area contributed by atoms with Gasteiger partial charge >= 0.3 is 11.7 Å². The van der Waals surface area contributed by atoms with Crippen molar-refractivity contribution in [1.29, 1.82) is 0 Å². The van der Waals surface area contributed by atoms with E-state index in [9.17, 15) is 19.3 Å². The van der Waals surface area contributed by atoms with Crippen LogP contribution in [0.15, 0.2) is 12.1 Å². The number of carboxylic acid groups (broad SMARTS) is 1. The third kappa shape index (κ3) is 4.30. The zero-order chi connectivity index (χ0) is 16.2. The van der Waals surface area contributed by atoms with E-state index in [1.54, 1.807) is 0 Å². The van der Waals surface area contributed by atoms with E-state index in [1.807, 2.05) is 13.8 Å². The lowest BCUT2D eigenvalue weighted by Crippen LogP contribution is -2.31. The lowest BCUT2D eigenvalue weighted by molar-refractivity contribution is -0.385. The quantitative estimate of drug-likeness (QED) is 0.593. The molecule has 116 valence electrons. The molecule has 1 rings (SSSR count). The van der Waals surface area contributed by atoms with E-state index < -0.39 is 28.4 Å². The smallest absolute Gasteiger partial charge is 0.326 e. The maximum atomic E-state index is 13.9. The average molecular weight is 300 g/mol. The van der Waals surface area contributed by atoms with Gasteiger partial charge in [0.2, 0.25) is 0 Å². The van der Waals surface area contributed by atoms with Gasteiger partial charge < -0.3 is 15.2 Å². The maximum Gasteiger partial charge on any atom is 0.326 e. The molecule has 1 aromatic rings. The zero-order valence-electron chi connectivity index (χ0n) is 11.9. The highest BCUT2D eigenvalue weighted by Crippen LogP contribution is 2.32. The van der Waals surface area contributed by atoms with Gasteiger partial charge in [0, 0.05) is 6.07 Å². The largest absolute Gasteiger partial charge is 0.490 e. The molecule has 0 radical (unpaired) electrons. The second-order valence-electron chi connectivity index (χ2n) is 4.93. The van der Waals surface area contributed by atoms with Gasteiger partial charge in [-0.1, -0.05) is 13.8 Å². The van der Waals surface area contributed by atoms with Crippen LogP contribution in [0.1, 0.15) is 20.3 Å². The molecule has 0 aliphatic rings. The van der Waals surface area contributed by atoms with Crippen LogP contribution >= 0.6 is 0 Å². The van der Waals surface area contributed by atoms with E-state index in [2.05, 4.69) is 5.32 Å². The topological polar surface area (TPSA) is 102 Å². The second kappa shape index (κ2) is 6.87. The van der Waals surface area contributed by atoms with Crippen molar-refractivity contribution in [3.05, 3.63) is 28.1 Å². The molecule has 1 unspecified atom stereocenters. The first-order chi connectivity index (χ1) is 9.76. The standard InChI is InChI=1S/C13H17FN2O5/c1-7(2)4-10(13(17)18)15-9-6-12(21-3)11(16(19)20)5-8(9)14/h5-7,10,15H,4H2,1-3H3,(H,17,18). The molecule has 1 aromatic carbocycles. The van der Waals surface area contributed by atoms with Crippen molar-refractivity contribution >= 4 is 17.3 Å². The molecule has 0 aliphatic heterocycles. The van der Waals surface area contributed by atoms with Gasteiger partial charge in [0.05, 0.1) is 23.8 Å². The molecule has 21 heavy (non-hydrogen) atoms. The molecule has 2 N–H and O–H groups in total. The first-order valence-electron chi connectivity index (χ1n) is 6.27. The SMILES string of the molecule is COc1cc(NC(CC(C)C)C(=O)O)c(F)cc1[N+](=O)[O-]. The number of nitrogens with one attached hydrogen (secondary N) is 1. The van der Waals surface area contributed by atoms with Crippen molar-refractivity contribution in [3.63, 3.8) is 0 Å². The number of nitrogens with zero attached hydrogens (tertiary/aromatic N) is 1. The normalized spacial score (nSPS) is 12.0. The van der Waals surface area contributed by atoms with Gasteiger partial charge in [-0.2, -0.15) is 0 Å². The van der Waals surface area contributed by atoms with E-state index in [1.165, 1.54) is 7.11 Å². The first kappa shape index (κ1) is 16.7. The summed E-state index contributed by atoms with van der Waals surface area (Å²) in [4.78, 5) is 21.2. The second-order valence-corrected chi connectivity index (χ2v) is 4.93. The Hall–Kier alpha value is -2.38. The number of nitro groups is 1. The highest BCUT2D eigenvalue weighted by atomic mass is 19.1. The summed E-state index contributed by atoms with van der Waals surface area (Å²) in [5.41, 5.74) is -0.665. The summed E-state index contributed by atoms with van der Waals surface area (Å²) in [7, 11) is 1.22. The number of hydrogen-bond acceptors (Lipinski definition) is 5. The van der Waals surface area contributed by atoms with Crippen LogP contribution in [-0.2, 0) is 4.79 Å². The number of rotatable bonds is 7. The fourth-order valence-corrected chi connectivity index (χ4v) is 1.84. The van der Waals surface area contributed by atoms with E-state index in [0.29, 0.717) is 6.07 Å². The van der Waals surface area contributed by atoms with E-state index >= 15 is 0 Å². The number of hydrogen-bond donors (Lipinski definition) is 2. The first-order valence-corrected chi connectivity index (χ1v) is 6.27. The number of halogens is 1. The minimum Gasteiger partial charge on any atom is -0.490 e. The maximum absolute atomic E-state index is 13.9. The van der Waals surface area contributed by atoms with Crippen molar-refractivity contribution in [3.8, 4) is 5.75 Å². The van der Waals surface area contributed by atoms with Crippen molar-refractivity contribution in [2.45, 2.75) is 26.3 Å². The van der Waals surface area contributed by atoms with Crippen molar-refractivity contribution in [1.82, 2.24) is 0 Å². The van der Waals surface area contributed by atoms with Gasteiger partial charge in [0.25, 0.3) is 0 Å². The number of ether oxygens (including phenoxy) is 1. The van der Waals surface area contributed by atoms with Crippen molar-refractivity contribution in [2.75, 3.05) is 12.4 Å². The summed E-state index contributed by atoms with van der Waals surface area (Å²) < 4.78 is 18.7. The molecular weight excluding hydrogens is 283 g/mol. The van der Waals surface area contributed by atoms with Gasteiger partial charge in [-0.25, -0.2) is 9.18 Å². The van der Waals surface area contributed by atoms with Crippen LogP contribution in [0.5, 0.6) is 5.75 Å². The Labute approximate surface area is 120 Å². The fourth-order valence-electron chi connectivity index (χ4n) is 1.84. The monoisotopic (exact) mass is 300 g/mol. The third-order valence-corrected chi connectivity index (χ3v) is 2.80. The summed E-state index contributed by atoms with van der Waals surface area (Å²) >= 11 is 0. The molecule has 0 saturated carbocycles. The molecule has 7 nitrogen and oxygen atoms in total. The summed E-state index contributed by atoms with van der Waals surface area (Å²) in [6, 6.07) is 0.796. The van der Waals surface area contributed by atoms with Gasteiger partial charge in [-0.15, -0.1) is 0 Å². The number of carbonyl (C=O) groups is 1. The Kier molecular flexibility index (Phi) is 5.45. The molecule has 0 bridgehead atoms. The van der Waals surface area contributed by atoms with Gasteiger partial charge in [-0.3, -0.25) is 10.1 Å². The Morgan fingerprint density at radius 2 is 2.14 bits per heavy atom. The summed E-state index contributed by atoms with van der Waals surface area (Å²) in [5.74, 6) is -2.09. The van der Waals surface area contributed by atoms with Crippen LogP contribution < -0.4 is 10.1 Å². The highest BCUT2D eigenvalue weighted by Gasteiger charge is 2.24. The van der Waals surface area contributed by atoms with Crippen LogP contribution in [0.4, 0.5) is 15.8 Å². The molecule has 0 aliphatic carbocycles. The number of anilines is 1. The van der Waals surface area contributed by atoms with Crippen LogP contribution in [0.3, 0.4) is 0 Å². The third-order valence-electron chi connectivity index (χ3n) is 2.80. The van der Waals surface area contributed by atoms with E-state index in [4.69, 9.17) is 9.84 Å². The lowest BCUT2D eigenvalue weighted by Gasteiger charge is -2.18. The van der Waals surface area contributed by atoms with Crippen molar-refractivity contribution < 1.29 is 24.0 Å². The Balaban J connectivity index is 3.12. The van der Waals surface area contributed by atoms with Crippen LogP contribution in [0, 0.1) is 21.8 Å². The van der Waals surface area contributed by atoms with Gasteiger partial charge in [0.1, 0.15) is 6.04 Å². The summed E-state index contributed by atoms with van der Waals surface area (Å²) in [5, 5.41) is 22.4. The fraction of sp³-hybridized carbons (Fsp3) is 0.462. The molecule has 8 heteroatoms. The Morgan fingerprint density at radius 1 is 1.52 bits per heavy atom. The molecule has 0 aromatic heterocycles. The van der Waals surface area contributed by atoms with Crippen LogP contribution in [0.25, 0.3) is 0 Å². The molecule has 0 fully saturated rings. The number of aliphatic carboxylic acids is 1.